The van der Waals surface area contributed by atoms with Crippen molar-refractivity contribution in [2.45, 2.75) is 39.2 Å². The van der Waals surface area contributed by atoms with Crippen molar-refractivity contribution in [1.82, 2.24) is 5.32 Å². The number of hydrogen-bond acceptors (Lipinski definition) is 3. The molecule has 1 N–H and O–H groups in total. The van der Waals surface area contributed by atoms with Gasteiger partial charge in [0.1, 0.15) is 11.6 Å². The molecular formula is C18H26FNO2S. The third kappa shape index (κ3) is 6.05. The van der Waals surface area contributed by atoms with Crippen molar-refractivity contribution >= 4 is 17.7 Å². The molecule has 1 saturated carbocycles. The van der Waals surface area contributed by atoms with Crippen LogP contribution in [0.1, 0.15) is 33.1 Å². The Hall–Kier alpha value is -1.23. The first kappa shape index (κ1) is 18.1. The minimum absolute atomic E-state index is 0.114. The molecule has 1 fully saturated rings. The number of carbonyl (C=O) groups is 1. The molecule has 1 aliphatic rings. The molecule has 3 atom stereocenters. The molecule has 1 aromatic rings. The van der Waals surface area contributed by atoms with E-state index in [4.69, 9.17) is 4.74 Å². The number of benzene rings is 1. The van der Waals surface area contributed by atoms with E-state index in [1.54, 1.807) is 23.9 Å². The summed E-state index contributed by atoms with van der Waals surface area (Å²) in [6, 6.07) is 6.29. The van der Waals surface area contributed by atoms with Crippen molar-refractivity contribution in [3.8, 4) is 5.75 Å². The summed E-state index contributed by atoms with van der Waals surface area (Å²) in [5, 5.41) is 3.17. The number of nitrogens with one attached hydrogen (secondary N) is 1. The van der Waals surface area contributed by atoms with Crippen LogP contribution < -0.4 is 10.1 Å². The average molecular weight is 339 g/mol. The van der Waals surface area contributed by atoms with Crippen LogP contribution in [0.3, 0.4) is 0 Å². The maximum Gasteiger partial charge on any atom is 0.230 e. The third-order valence-electron chi connectivity index (χ3n) is 4.60. The number of ether oxygens (including phenoxy) is 1. The zero-order valence-corrected chi connectivity index (χ0v) is 14.7. The number of carbonyl (C=O) groups excluding carboxylic acids is 1. The van der Waals surface area contributed by atoms with E-state index in [1.165, 1.54) is 25.0 Å². The summed E-state index contributed by atoms with van der Waals surface area (Å²) in [6.07, 6.45) is 3.56. The molecule has 23 heavy (non-hydrogen) atoms. The number of thioether (sulfide) groups is 1. The molecule has 0 unspecified atom stereocenters. The molecule has 1 aromatic carbocycles. The summed E-state index contributed by atoms with van der Waals surface area (Å²) in [4.78, 5) is 12.0. The Morgan fingerprint density at radius 1 is 1.30 bits per heavy atom. The van der Waals surface area contributed by atoms with E-state index < -0.39 is 0 Å². The van der Waals surface area contributed by atoms with Gasteiger partial charge in [0.05, 0.1) is 12.4 Å². The van der Waals surface area contributed by atoms with E-state index in [1.807, 2.05) is 0 Å². The Balaban J connectivity index is 1.58. The number of halogens is 1. The molecule has 0 aliphatic heterocycles. The van der Waals surface area contributed by atoms with Gasteiger partial charge in [0.2, 0.25) is 5.91 Å². The van der Waals surface area contributed by atoms with E-state index in [9.17, 15) is 9.18 Å². The normalized spacial score (nSPS) is 24.2. The summed E-state index contributed by atoms with van der Waals surface area (Å²) in [6.45, 7) is 5.02. The maximum atomic E-state index is 12.8. The lowest BCUT2D eigenvalue weighted by Crippen LogP contribution is -2.44. The SMILES string of the molecule is C[C@@H]1[C@H](C)CCC[C@H]1NC(=O)CSCCOc1ccc(F)cc1. The predicted octanol–water partition coefficient (Wildman–Crippen LogP) is 3.88. The van der Waals surface area contributed by atoms with Crippen LogP contribution in [0.5, 0.6) is 5.75 Å². The van der Waals surface area contributed by atoms with Gasteiger partial charge in [0, 0.05) is 11.8 Å². The van der Waals surface area contributed by atoms with Crippen LogP contribution in [0.15, 0.2) is 24.3 Å². The largest absolute Gasteiger partial charge is 0.493 e. The van der Waals surface area contributed by atoms with E-state index in [0.29, 0.717) is 36.0 Å². The molecule has 0 saturated heterocycles. The van der Waals surface area contributed by atoms with Crippen molar-refractivity contribution in [3.63, 3.8) is 0 Å². The Labute approximate surface area is 142 Å². The number of amides is 1. The highest BCUT2D eigenvalue weighted by Crippen LogP contribution is 2.29. The Morgan fingerprint density at radius 2 is 2.04 bits per heavy atom. The lowest BCUT2D eigenvalue weighted by molar-refractivity contribution is -0.119. The van der Waals surface area contributed by atoms with Gasteiger partial charge in [-0.2, -0.15) is 0 Å². The van der Waals surface area contributed by atoms with Gasteiger partial charge in [-0.25, -0.2) is 4.39 Å². The molecule has 0 spiro atoms. The van der Waals surface area contributed by atoms with Gasteiger partial charge in [0.15, 0.2) is 0 Å². The molecular weight excluding hydrogens is 313 g/mol. The molecule has 0 bridgehead atoms. The molecule has 3 nitrogen and oxygen atoms in total. The van der Waals surface area contributed by atoms with Crippen molar-refractivity contribution in [1.29, 1.82) is 0 Å². The molecule has 0 radical (unpaired) electrons. The van der Waals surface area contributed by atoms with Crippen molar-refractivity contribution in [2.75, 3.05) is 18.1 Å². The molecule has 1 amide bonds. The van der Waals surface area contributed by atoms with Crippen molar-refractivity contribution in [2.24, 2.45) is 11.8 Å². The van der Waals surface area contributed by atoms with Crippen LogP contribution in [-0.4, -0.2) is 30.1 Å². The molecule has 5 heteroatoms. The monoisotopic (exact) mass is 339 g/mol. The summed E-state index contributed by atoms with van der Waals surface area (Å²) in [7, 11) is 0. The van der Waals surface area contributed by atoms with Crippen LogP contribution >= 0.6 is 11.8 Å². The van der Waals surface area contributed by atoms with Gasteiger partial charge in [-0.15, -0.1) is 11.8 Å². The van der Waals surface area contributed by atoms with Gasteiger partial charge in [0.25, 0.3) is 0 Å². The maximum absolute atomic E-state index is 12.8. The molecule has 2 rings (SSSR count). The van der Waals surface area contributed by atoms with Gasteiger partial charge < -0.3 is 10.1 Å². The molecule has 128 valence electrons. The first-order chi connectivity index (χ1) is 11.1. The van der Waals surface area contributed by atoms with Crippen LogP contribution in [0.4, 0.5) is 4.39 Å². The Morgan fingerprint density at radius 3 is 2.78 bits per heavy atom. The second-order valence-corrected chi connectivity index (χ2v) is 7.40. The van der Waals surface area contributed by atoms with Crippen molar-refractivity contribution < 1.29 is 13.9 Å². The van der Waals surface area contributed by atoms with Crippen LogP contribution in [0.2, 0.25) is 0 Å². The molecule has 0 aromatic heterocycles. The van der Waals surface area contributed by atoms with E-state index in [2.05, 4.69) is 19.2 Å². The van der Waals surface area contributed by atoms with Crippen LogP contribution in [-0.2, 0) is 4.79 Å². The zero-order chi connectivity index (χ0) is 16.7. The van der Waals surface area contributed by atoms with Gasteiger partial charge in [-0.05, 0) is 42.5 Å². The highest BCUT2D eigenvalue weighted by atomic mass is 32.2. The fraction of sp³-hybridized carbons (Fsp3) is 0.611. The molecule has 0 heterocycles. The lowest BCUT2D eigenvalue weighted by atomic mass is 9.78. The second-order valence-electron chi connectivity index (χ2n) is 6.30. The summed E-state index contributed by atoms with van der Waals surface area (Å²) < 4.78 is 18.3. The van der Waals surface area contributed by atoms with Crippen LogP contribution in [0.25, 0.3) is 0 Å². The van der Waals surface area contributed by atoms with E-state index in [-0.39, 0.29) is 11.7 Å². The fourth-order valence-electron chi connectivity index (χ4n) is 2.95. The zero-order valence-electron chi connectivity index (χ0n) is 13.9. The summed E-state index contributed by atoms with van der Waals surface area (Å²) in [5.74, 6) is 2.94. The quantitative estimate of drug-likeness (QED) is 0.766. The minimum atomic E-state index is -0.269. The Bertz CT molecular complexity index is 494. The number of rotatable bonds is 7. The lowest BCUT2D eigenvalue weighted by Gasteiger charge is -2.34. The van der Waals surface area contributed by atoms with E-state index >= 15 is 0 Å². The smallest absolute Gasteiger partial charge is 0.230 e. The average Bonchev–Trinajstić information content (AvgIpc) is 2.53. The second kappa shape index (κ2) is 9.16. The van der Waals surface area contributed by atoms with Gasteiger partial charge >= 0.3 is 0 Å². The highest BCUT2D eigenvalue weighted by molar-refractivity contribution is 7.99. The summed E-state index contributed by atoms with van der Waals surface area (Å²) in [5.41, 5.74) is 0. The van der Waals surface area contributed by atoms with Crippen molar-refractivity contribution in [3.05, 3.63) is 30.1 Å². The van der Waals surface area contributed by atoms with Gasteiger partial charge in [-0.1, -0.05) is 26.7 Å². The molecule has 1 aliphatic carbocycles. The number of hydrogen-bond donors (Lipinski definition) is 1. The van der Waals surface area contributed by atoms with Crippen LogP contribution in [0, 0.1) is 17.7 Å². The first-order valence-corrected chi connectivity index (χ1v) is 9.47. The highest BCUT2D eigenvalue weighted by Gasteiger charge is 2.27. The standard InChI is InChI=1S/C18H26FNO2S/c1-13-4-3-5-17(14(13)2)20-18(21)12-23-11-10-22-16-8-6-15(19)7-9-16/h6-9,13-14,17H,3-5,10-12H2,1-2H3,(H,20,21)/t13-,14-,17-/m1/s1. The predicted molar refractivity (Wildman–Crippen MR) is 93.3 cm³/mol. The Kier molecular flexibility index (Phi) is 7.21. The first-order valence-electron chi connectivity index (χ1n) is 8.31. The van der Waals surface area contributed by atoms with E-state index in [0.717, 1.165) is 12.2 Å². The fourth-order valence-corrected chi connectivity index (χ4v) is 3.56. The minimum Gasteiger partial charge on any atom is -0.493 e. The summed E-state index contributed by atoms with van der Waals surface area (Å²) >= 11 is 1.56. The van der Waals surface area contributed by atoms with Gasteiger partial charge in [-0.3, -0.25) is 4.79 Å². The topological polar surface area (TPSA) is 38.3 Å². The third-order valence-corrected chi connectivity index (χ3v) is 5.52.